The van der Waals surface area contributed by atoms with E-state index in [1.165, 1.54) is 25.7 Å². The molecule has 1 aromatic heterocycles. The minimum absolute atomic E-state index is 0.360. The first-order valence-electron chi connectivity index (χ1n) is 6.28. The van der Waals surface area contributed by atoms with E-state index < -0.39 is 12.0 Å². The van der Waals surface area contributed by atoms with E-state index in [0.29, 0.717) is 6.04 Å². The fourth-order valence-corrected chi connectivity index (χ4v) is 3.12. The monoisotopic (exact) mass is 253 g/mol. The number of rotatable bonds is 4. The summed E-state index contributed by atoms with van der Waals surface area (Å²) in [5.41, 5.74) is 0.881. The molecule has 0 bridgehead atoms. The fourth-order valence-electron chi connectivity index (χ4n) is 2.43. The Morgan fingerprint density at radius 1 is 1.35 bits per heavy atom. The summed E-state index contributed by atoms with van der Waals surface area (Å²) in [6.45, 7) is 0. The van der Waals surface area contributed by atoms with Crippen molar-refractivity contribution in [3.05, 3.63) is 22.4 Å². The molecule has 17 heavy (non-hydrogen) atoms. The molecular formula is C13H19NO2S. The molecule has 0 aromatic carbocycles. The molecule has 1 fully saturated rings. The molecule has 94 valence electrons. The second-order valence-corrected chi connectivity index (χ2v) is 5.46. The average Bonchev–Trinajstić information content (AvgIpc) is 2.70. The van der Waals surface area contributed by atoms with Crippen molar-refractivity contribution in [2.45, 2.75) is 50.6 Å². The van der Waals surface area contributed by atoms with Crippen LogP contribution in [0.5, 0.6) is 0 Å². The lowest BCUT2D eigenvalue weighted by Gasteiger charge is -2.21. The molecule has 3 nitrogen and oxygen atoms in total. The first kappa shape index (κ1) is 12.6. The molecule has 0 radical (unpaired) electrons. The lowest BCUT2D eigenvalue weighted by molar-refractivity contribution is -0.139. The molecule has 2 N–H and O–H groups in total. The van der Waals surface area contributed by atoms with Gasteiger partial charge < -0.3 is 5.11 Å². The lowest BCUT2D eigenvalue weighted by atomic mass is 10.1. The van der Waals surface area contributed by atoms with Gasteiger partial charge in [0.15, 0.2) is 0 Å². The smallest absolute Gasteiger partial charge is 0.325 e. The zero-order valence-corrected chi connectivity index (χ0v) is 10.7. The van der Waals surface area contributed by atoms with E-state index in [1.54, 1.807) is 11.3 Å². The van der Waals surface area contributed by atoms with Gasteiger partial charge in [-0.2, -0.15) is 11.3 Å². The Kier molecular flexibility index (Phi) is 4.57. The summed E-state index contributed by atoms with van der Waals surface area (Å²) in [5.74, 6) is -0.771. The summed E-state index contributed by atoms with van der Waals surface area (Å²) in [6, 6.07) is 1.72. The normalized spacial score (nSPS) is 19.8. The molecule has 1 atom stereocenters. The zero-order chi connectivity index (χ0) is 12.1. The summed E-state index contributed by atoms with van der Waals surface area (Å²) in [5, 5.41) is 16.4. The van der Waals surface area contributed by atoms with Crippen molar-refractivity contribution >= 4 is 17.3 Å². The molecule has 1 saturated carbocycles. The van der Waals surface area contributed by atoms with Crippen molar-refractivity contribution in [3.8, 4) is 0 Å². The summed E-state index contributed by atoms with van der Waals surface area (Å²) in [7, 11) is 0. The zero-order valence-electron chi connectivity index (χ0n) is 9.89. The van der Waals surface area contributed by atoms with Crippen molar-refractivity contribution in [2.75, 3.05) is 0 Å². The predicted octanol–water partition coefficient (Wildman–Crippen LogP) is 3.19. The van der Waals surface area contributed by atoms with Gasteiger partial charge in [-0.1, -0.05) is 25.7 Å². The minimum atomic E-state index is -0.771. The molecular weight excluding hydrogens is 234 g/mol. The number of hydrogen-bond acceptors (Lipinski definition) is 3. The van der Waals surface area contributed by atoms with Crippen molar-refractivity contribution in [3.63, 3.8) is 0 Å². The van der Waals surface area contributed by atoms with Gasteiger partial charge in [-0.05, 0) is 35.2 Å². The molecule has 1 aliphatic carbocycles. The lowest BCUT2D eigenvalue weighted by Crippen LogP contribution is -2.36. The maximum Gasteiger partial charge on any atom is 0.325 e. The van der Waals surface area contributed by atoms with Crippen molar-refractivity contribution in [2.24, 2.45) is 0 Å². The van der Waals surface area contributed by atoms with Crippen LogP contribution >= 0.6 is 11.3 Å². The highest BCUT2D eigenvalue weighted by Gasteiger charge is 2.24. The Balaban J connectivity index is 2.00. The van der Waals surface area contributed by atoms with Crippen LogP contribution in [0.15, 0.2) is 16.8 Å². The van der Waals surface area contributed by atoms with E-state index in [1.807, 2.05) is 16.8 Å². The van der Waals surface area contributed by atoms with Gasteiger partial charge in [0.1, 0.15) is 6.04 Å². The Labute approximate surface area is 106 Å². The molecule has 0 amide bonds. The van der Waals surface area contributed by atoms with Crippen LogP contribution in [0.4, 0.5) is 0 Å². The standard InChI is InChI=1S/C13H19NO2S/c15-13(16)12(10-7-8-17-9-10)14-11-5-3-1-2-4-6-11/h7-9,11-12,14H,1-6H2,(H,15,16). The Morgan fingerprint density at radius 3 is 2.59 bits per heavy atom. The van der Waals surface area contributed by atoms with Crippen LogP contribution in [0.25, 0.3) is 0 Å². The fraction of sp³-hybridized carbons (Fsp3) is 0.615. The third-order valence-electron chi connectivity index (χ3n) is 3.38. The van der Waals surface area contributed by atoms with Crippen LogP contribution in [0.2, 0.25) is 0 Å². The van der Waals surface area contributed by atoms with Gasteiger partial charge >= 0.3 is 5.97 Å². The third-order valence-corrected chi connectivity index (χ3v) is 4.08. The molecule has 1 heterocycles. The van der Waals surface area contributed by atoms with Crippen LogP contribution in [0.3, 0.4) is 0 Å². The van der Waals surface area contributed by atoms with Crippen molar-refractivity contribution in [1.82, 2.24) is 5.32 Å². The topological polar surface area (TPSA) is 49.3 Å². The third kappa shape index (κ3) is 3.54. The highest BCUT2D eigenvalue weighted by Crippen LogP contribution is 2.22. The van der Waals surface area contributed by atoms with Gasteiger partial charge in [0.2, 0.25) is 0 Å². The van der Waals surface area contributed by atoms with E-state index in [-0.39, 0.29) is 0 Å². The Hall–Kier alpha value is -0.870. The van der Waals surface area contributed by atoms with Gasteiger partial charge in [0, 0.05) is 6.04 Å². The number of aliphatic carboxylic acids is 1. The van der Waals surface area contributed by atoms with E-state index in [4.69, 9.17) is 0 Å². The highest BCUT2D eigenvalue weighted by atomic mass is 32.1. The molecule has 1 aromatic rings. The average molecular weight is 253 g/mol. The molecule has 1 unspecified atom stereocenters. The van der Waals surface area contributed by atoms with Crippen LogP contribution in [0.1, 0.15) is 50.1 Å². The van der Waals surface area contributed by atoms with Crippen LogP contribution in [-0.4, -0.2) is 17.1 Å². The first-order chi connectivity index (χ1) is 8.27. The van der Waals surface area contributed by atoms with Gasteiger partial charge in [0.25, 0.3) is 0 Å². The number of carboxylic acid groups (broad SMARTS) is 1. The quantitative estimate of drug-likeness (QED) is 0.810. The van der Waals surface area contributed by atoms with Gasteiger partial charge in [-0.3, -0.25) is 10.1 Å². The maximum atomic E-state index is 11.3. The maximum absolute atomic E-state index is 11.3. The highest BCUT2D eigenvalue weighted by molar-refractivity contribution is 7.08. The second-order valence-electron chi connectivity index (χ2n) is 4.68. The van der Waals surface area contributed by atoms with Crippen molar-refractivity contribution in [1.29, 1.82) is 0 Å². The summed E-state index contributed by atoms with van der Waals surface area (Å²) < 4.78 is 0. The van der Waals surface area contributed by atoms with Crippen molar-refractivity contribution < 1.29 is 9.90 Å². The van der Waals surface area contributed by atoms with Gasteiger partial charge in [-0.25, -0.2) is 0 Å². The summed E-state index contributed by atoms with van der Waals surface area (Å²) in [6.07, 6.45) is 7.21. The minimum Gasteiger partial charge on any atom is -0.480 e. The Bertz CT molecular complexity index is 342. The van der Waals surface area contributed by atoms with Gasteiger partial charge in [-0.15, -0.1) is 0 Å². The van der Waals surface area contributed by atoms with E-state index in [9.17, 15) is 9.90 Å². The molecule has 2 rings (SSSR count). The largest absolute Gasteiger partial charge is 0.480 e. The number of nitrogens with one attached hydrogen (secondary N) is 1. The molecule has 0 aliphatic heterocycles. The van der Waals surface area contributed by atoms with E-state index in [2.05, 4.69) is 5.32 Å². The second kappa shape index (κ2) is 6.17. The number of thiophene rings is 1. The molecule has 1 aliphatic rings. The summed E-state index contributed by atoms with van der Waals surface area (Å²) >= 11 is 1.55. The molecule has 4 heteroatoms. The van der Waals surface area contributed by atoms with Crippen LogP contribution in [-0.2, 0) is 4.79 Å². The Morgan fingerprint density at radius 2 is 2.06 bits per heavy atom. The predicted molar refractivity (Wildman–Crippen MR) is 69.3 cm³/mol. The SMILES string of the molecule is O=C(O)C(NC1CCCCCC1)c1ccsc1. The number of carbonyl (C=O) groups is 1. The molecule has 0 spiro atoms. The summed E-state index contributed by atoms with van der Waals surface area (Å²) in [4.78, 5) is 11.3. The van der Waals surface area contributed by atoms with Gasteiger partial charge in [0.05, 0.1) is 0 Å². The number of hydrogen-bond donors (Lipinski definition) is 2. The van der Waals surface area contributed by atoms with E-state index in [0.717, 1.165) is 18.4 Å². The van der Waals surface area contributed by atoms with E-state index >= 15 is 0 Å². The van der Waals surface area contributed by atoms with Crippen LogP contribution < -0.4 is 5.32 Å². The van der Waals surface area contributed by atoms with Crippen LogP contribution in [0, 0.1) is 0 Å². The molecule has 0 saturated heterocycles. The first-order valence-corrected chi connectivity index (χ1v) is 7.22. The number of carboxylic acids is 1.